The molecule has 3 nitrogen and oxygen atoms in total. The molecule has 3 aliphatic rings. The number of aliphatic hydroxyl groups is 3. The smallest absolute Gasteiger partial charge is 0.0811 e. The third-order valence-electron chi connectivity index (χ3n) is 8.25. The van der Waals surface area contributed by atoms with Crippen molar-refractivity contribution < 1.29 is 15.3 Å². The van der Waals surface area contributed by atoms with Gasteiger partial charge in [-0.2, -0.15) is 0 Å². The van der Waals surface area contributed by atoms with Gasteiger partial charge in [0.2, 0.25) is 0 Å². The molecule has 0 heterocycles. The summed E-state index contributed by atoms with van der Waals surface area (Å²) in [4.78, 5) is 0. The Morgan fingerprint density at radius 1 is 1.21 bits per heavy atom. The fourth-order valence-electron chi connectivity index (χ4n) is 6.19. The summed E-state index contributed by atoms with van der Waals surface area (Å²) in [5.74, 6) is 1.77. The zero-order valence-electron chi connectivity index (χ0n) is 18.7. The monoisotopic (exact) mass is 402 g/mol. The van der Waals surface area contributed by atoms with Gasteiger partial charge in [0.25, 0.3) is 0 Å². The quantitative estimate of drug-likeness (QED) is 0.564. The Hall–Kier alpha value is -0.900. The molecular formula is C26H42O3. The number of allylic oxidation sites excluding steroid dienone is 3. The number of rotatable bonds is 6. The molecule has 0 aromatic heterocycles. The SMILES string of the molecule is C=C1/C(=C\C=C2/CCC[C@]3(C)C(CCC[C@@H](O)C(C)C)CC[C@@H]23)CC(O)C[C@@H]1O. The van der Waals surface area contributed by atoms with E-state index in [2.05, 4.69) is 39.5 Å². The average molecular weight is 403 g/mol. The van der Waals surface area contributed by atoms with Gasteiger partial charge in [-0.15, -0.1) is 0 Å². The van der Waals surface area contributed by atoms with Gasteiger partial charge in [-0.05, 0) is 85.7 Å². The lowest BCUT2D eigenvalue weighted by Gasteiger charge is -2.42. The topological polar surface area (TPSA) is 60.7 Å². The van der Waals surface area contributed by atoms with Crippen LogP contribution in [0.1, 0.15) is 85.0 Å². The van der Waals surface area contributed by atoms with Gasteiger partial charge in [-0.1, -0.05) is 51.5 Å². The summed E-state index contributed by atoms with van der Waals surface area (Å²) in [5.41, 5.74) is 3.72. The number of hydrogen-bond acceptors (Lipinski definition) is 3. The van der Waals surface area contributed by atoms with Crippen molar-refractivity contribution in [3.63, 3.8) is 0 Å². The predicted octanol–water partition coefficient (Wildman–Crippen LogP) is 5.31. The zero-order valence-corrected chi connectivity index (χ0v) is 18.7. The molecule has 0 aliphatic heterocycles. The Labute approximate surface area is 177 Å². The second-order valence-electron chi connectivity index (χ2n) is 10.5. The first-order valence-electron chi connectivity index (χ1n) is 11.8. The van der Waals surface area contributed by atoms with Crippen LogP contribution in [0.4, 0.5) is 0 Å². The molecule has 164 valence electrons. The van der Waals surface area contributed by atoms with Gasteiger partial charge >= 0.3 is 0 Å². The predicted molar refractivity (Wildman–Crippen MR) is 119 cm³/mol. The number of hydrogen-bond donors (Lipinski definition) is 3. The Kier molecular flexibility index (Phi) is 7.46. The van der Waals surface area contributed by atoms with Crippen LogP contribution >= 0.6 is 0 Å². The Morgan fingerprint density at radius 2 is 1.97 bits per heavy atom. The molecule has 2 unspecified atom stereocenters. The molecule has 0 aromatic carbocycles. The summed E-state index contributed by atoms with van der Waals surface area (Å²) in [6.45, 7) is 10.8. The zero-order chi connectivity index (χ0) is 21.2. The largest absolute Gasteiger partial charge is 0.393 e. The Morgan fingerprint density at radius 3 is 2.69 bits per heavy atom. The van der Waals surface area contributed by atoms with Gasteiger partial charge in [0.15, 0.2) is 0 Å². The Bertz CT molecular complexity index is 646. The lowest BCUT2D eigenvalue weighted by molar-refractivity contribution is 0.0862. The first-order valence-corrected chi connectivity index (χ1v) is 11.8. The maximum Gasteiger partial charge on any atom is 0.0811 e. The second-order valence-corrected chi connectivity index (χ2v) is 10.5. The average Bonchev–Trinajstić information content (AvgIpc) is 3.00. The molecule has 0 saturated heterocycles. The molecule has 3 N–H and O–H groups in total. The molecule has 0 spiro atoms. The van der Waals surface area contributed by atoms with Crippen molar-refractivity contribution in [2.45, 2.75) is 103 Å². The van der Waals surface area contributed by atoms with E-state index in [1.807, 2.05) is 0 Å². The summed E-state index contributed by atoms with van der Waals surface area (Å²) >= 11 is 0. The van der Waals surface area contributed by atoms with E-state index in [9.17, 15) is 15.3 Å². The van der Waals surface area contributed by atoms with Crippen LogP contribution in [0.5, 0.6) is 0 Å². The van der Waals surface area contributed by atoms with Crippen LogP contribution in [0.2, 0.25) is 0 Å². The van der Waals surface area contributed by atoms with Crippen molar-refractivity contribution in [1.82, 2.24) is 0 Å². The van der Waals surface area contributed by atoms with Gasteiger partial charge in [-0.3, -0.25) is 0 Å². The number of aliphatic hydroxyl groups excluding tert-OH is 3. The molecule has 3 fully saturated rings. The van der Waals surface area contributed by atoms with Crippen molar-refractivity contribution in [3.8, 4) is 0 Å². The third kappa shape index (κ3) is 5.06. The second kappa shape index (κ2) is 9.49. The normalized spacial score (nSPS) is 39.3. The van der Waals surface area contributed by atoms with Crippen molar-refractivity contribution >= 4 is 0 Å². The van der Waals surface area contributed by atoms with E-state index in [-0.39, 0.29) is 6.10 Å². The van der Waals surface area contributed by atoms with Crippen LogP contribution in [-0.2, 0) is 0 Å². The van der Waals surface area contributed by atoms with E-state index in [1.54, 1.807) is 5.57 Å². The Balaban J connectivity index is 1.67. The number of fused-ring (bicyclic) bond motifs is 1. The van der Waals surface area contributed by atoms with Crippen LogP contribution in [0.15, 0.2) is 35.5 Å². The lowest BCUT2D eigenvalue weighted by Crippen LogP contribution is -2.33. The minimum Gasteiger partial charge on any atom is -0.393 e. The highest BCUT2D eigenvalue weighted by atomic mass is 16.3. The van der Waals surface area contributed by atoms with E-state index in [0.717, 1.165) is 29.9 Å². The summed E-state index contributed by atoms with van der Waals surface area (Å²) < 4.78 is 0. The maximum atomic E-state index is 10.1. The van der Waals surface area contributed by atoms with Crippen molar-refractivity contribution in [2.75, 3.05) is 0 Å². The first-order chi connectivity index (χ1) is 13.7. The van der Waals surface area contributed by atoms with E-state index < -0.39 is 12.2 Å². The van der Waals surface area contributed by atoms with Crippen molar-refractivity contribution in [1.29, 1.82) is 0 Å². The first kappa shape index (κ1) is 22.8. The minimum atomic E-state index is -0.614. The summed E-state index contributed by atoms with van der Waals surface area (Å²) in [7, 11) is 0. The van der Waals surface area contributed by atoms with Crippen molar-refractivity contribution in [3.05, 3.63) is 35.5 Å². The lowest BCUT2D eigenvalue weighted by atomic mass is 9.62. The maximum absolute atomic E-state index is 10.1. The summed E-state index contributed by atoms with van der Waals surface area (Å²) in [6.07, 6.45) is 13.8. The molecule has 3 heteroatoms. The van der Waals surface area contributed by atoms with E-state index >= 15 is 0 Å². The van der Waals surface area contributed by atoms with Crippen LogP contribution in [-0.4, -0.2) is 33.6 Å². The van der Waals surface area contributed by atoms with Crippen LogP contribution < -0.4 is 0 Å². The highest BCUT2D eigenvalue weighted by Gasteiger charge is 2.48. The highest BCUT2D eigenvalue weighted by molar-refractivity contribution is 5.38. The standard InChI is InChI=1S/C26H42O3/c1-17(2)24(28)9-5-8-21-12-13-23-19(7-6-14-26(21,23)4)10-11-20-15-22(27)16-25(29)18(20)3/h10-11,17,21-25,27-29H,3,5-9,12-16H2,1-2,4H3/b19-10+,20-11-/t21?,22?,23-,24+,25-,26+/m0/s1. The molecule has 29 heavy (non-hydrogen) atoms. The molecule has 3 aliphatic carbocycles. The highest BCUT2D eigenvalue weighted by Crippen LogP contribution is 2.58. The van der Waals surface area contributed by atoms with Crippen LogP contribution in [0.25, 0.3) is 0 Å². The van der Waals surface area contributed by atoms with Gasteiger partial charge in [-0.25, -0.2) is 0 Å². The fraction of sp³-hybridized carbons (Fsp3) is 0.769. The van der Waals surface area contributed by atoms with Crippen LogP contribution in [0, 0.1) is 23.2 Å². The molecule has 0 aromatic rings. The van der Waals surface area contributed by atoms with E-state index in [1.165, 1.54) is 38.5 Å². The van der Waals surface area contributed by atoms with Crippen LogP contribution in [0.3, 0.4) is 0 Å². The molecule has 0 amide bonds. The molecule has 0 bridgehead atoms. The molecule has 6 atom stereocenters. The van der Waals surface area contributed by atoms with E-state index in [0.29, 0.717) is 30.1 Å². The van der Waals surface area contributed by atoms with Gasteiger partial charge in [0, 0.05) is 6.42 Å². The fourth-order valence-corrected chi connectivity index (χ4v) is 6.19. The van der Waals surface area contributed by atoms with Gasteiger partial charge < -0.3 is 15.3 Å². The summed E-state index contributed by atoms with van der Waals surface area (Å²) in [6, 6.07) is 0. The van der Waals surface area contributed by atoms with Crippen molar-refractivity contribution in [2.24, 2.45) is 23.2 Å². The molecule has 3 rings (SSSR count). The molecular weight excluding hydrogens is 360 g/mol. The van der Waals surface area contributed by atoms with Gasteiger partial charge in [0.1, 0.15) is 0 Å². The third-order valence-corrected chi connectivity index (χ3v) is 8.25. The minimum absolute atomic E-state index is 0.164. The van der Waals surface area contributed by atoms with Gasteiger partial charge in [0.05, 0.1) is 18.3 Å². The summed E-state index contributed by atoms with van der Waals surface area (Å²) in [5, 5.41) is 30.2. The molecule has 0 radical (unpaired) electrons. The molecule has 3 saturated carbocycles. The van der Waals surface area contributed by atoms with E-state index in [4.69, 9.17) is 0 Å².